The third-order valence-electron chi connectivity index (χ3n) is 3.87. The summed E-state index contributed by atoms with van der Waals surface area (Å²) in [6.45, 7) is 2.16. The van der Waals surface area contributed by atoms with Crippen molar-refractivity contribution in [1.82, 2.24) is 9.80 Å². The van der Waals surface area contributed by atoms with E-state index in [1.54, 1.807) is 24.3 Å². The third kappa shape index (κ3) is 3.87. The summed E-state index contributed by atoms with van der Waals surface area (Å²) in [5, 5.41) is 0. The summed E-state index contributed by atoms with van der Waals surface area (Å²) in [6.07, 6.45) is 2.06. The first-order valence-electron chi connectivity index (χ1n) is 6.99. The molecule has 20 heavy (non-hydrogen) atoms. The van der Waals surface area contributed by atoms with Gasteiger partial charge in [0.1, 0.15) is 5.75 Å². The number of amides is 1. The lowest BCUT2D eigenvalue weighted by molar-refractivity contribution is -0.134. The number of carbonyl (C=O) groups excluding carboxylic acids is 1. The summed E-state index contributed by atoms with van der Waals surface area (Å²) in [4.78, 5) is 16.2. The molecule has 5 heteroatoms. The standard InChI is InChI=1S/C15H23N3O2/c1-17-9-7-13(8-10-17)18(2)15(19)11-20-14-5-3-12(16)4-6-14/h3-6,13H,7-11,16H2,1-2H3. The number of nitrogen functional groups attached to an aromatic ring is 1. The van der Waals surface area contributed by atoms with Gasteiger partial charge < -0.3 is 20.3 Å². The average molecular weight is 277 g/mol. The van der Waals surface area contributed by atoms with Crippen LogP contribution in [0.1, 0.15) is 12.8 Å². The average Bonchev–Trinajstić information content (AvgIpc) is 2.46. The maximum Gasteiger partial charge on any atom is 0.260 e. The van der Waals surface area contributed by atoms with E-state index in [2.05, 4.69) is 11.9 Å². The molecule has 1 saturated heterocycles. The third-order valence-corrected chi connectivity index (χ3v) is 3.87. The quantitative estimate of drug-likeness (QED) is 0.840. The highest BCUT2D eigenvalue weighted by molar-refractivity contribution is 5.77. The number of likely N-dealkylation sites (N-methyl/N-ethyl adjacent to an activating group) is 1. The van der Waals surface area contributed by atoms with Gasteiger partial charge in [-0.2, -0.15) is 0 Å². The number of nitrogens with two attached hydrogens (primary N) is 1. The first-order valence-corrected chi connectivity index (χ1v) is 6.99. The minimum atomic E-state index is 0.0244. The van der Waals surface area contributed by atoms with Gasteiger partial charge in [0.05, 0.1) is 0 Å². The summed E-state index contributed by atoms with van der Waals surface area (Å²) >= 11 is 0. The number of rotatable bonds is 4. The number of hydrogen-bond donors (Lipinski definition) is 1. The van der Waals surface area contributed by atoms with Crippen LogP contribution >= 0.6 is 0 Å². The number of likely N-dealkylation sites (tertiary alicyclic amines) is 1. The Morgan fingerprint density at radius 2 is 1.95 bits per heavy atom. The fourth-order valence-corrected chi connectivity index (χ4v) is 2.40. The van der Waals surface area contributed by atoms with Crippen molar-refractivity contribution in [3.63, 3.8) is 0 Å². The molecule has 0 aromatic heterocycles. The minimum Gasteiger partial charge on any atom is -0.484 e. The first kappa shape index (κ1) is 14.7. The summed E-state index contributed by atoms with van der Waals surface area (Å²) in [5.74, 6) is 0.695. The maximum absolute atomic E-state index is 12.1. The van der Waals surface area contributed by atoms with E-state index in [1.165, 1.54) is 0 Å². The SMILES string of the molecule is CN1CCC(N(C)C(=O)COc2ccc(N)cc2)CC1. The van der Waals surface area contributed by atoms with Gasteiger partial charge in [0.25, 0.3) is 5.91 Å². The van der Waals surface area contributed by atoms with Gasteiger partial charge in [0.15, 0.2) is 6.61 Å². The highest BCUT2D eigenvalue weighted by Gasteiger charge is 2.23. The van der Waals surface area contributed by atoms with Crippen molar-refractivity contribution in [2.45, 2.75) is 18.9 Å². The number of nitrogens with zero attached hydrogens (tertiary/aromatic N) is 2. The Hall–Kier alpha value is -1.75. The number of carbonyl (C=O) groups is 1. The van der Waals surface area contributed by atoms with Crippen molar-refractivity contribution in [2.24, 2.45) is 0 Å². The van der Waals surface area contributed by atoms with Crippen LogP contribution in [0.2, 0.25) is 0 Å². The Balaban J connectivity index is 1.80. The molecule has 110 valence electrons. The van der Waals surface area contributed by atoms with E-state index in [9.17, 15) is 4.79 Å². The van der Waals surface area contributed by atoms with Crippen LogP contribution in [-0.2, 0) is 4.79 Å². The molecule has 0 spiro atoms. The first-order chi connectivity index (χ1) is 9.56. The molecular weight excluding hydrogens is 254 g/mol. The molecule has 1 heterocycles. The predicted molar refractivity (Wildman–Crippen MR) is 79.6 cm³/mol. The van der Waals surface area contributed by atoms with Crippen LogP contribution in [0.5, 0.6) is 5.75 Å². The van der Waals surface area contributed by atoms with E-state index in [4.69, 9.17) is 10.5 Å². The topological polar surface area (TPSA) is 58.8 Å². The molecule has 5 nitrogen and oxygen atoms in total. The molecule has 1 amide bonds. The van der Waals surface area contributed by atoms with E-state index >= 15 is 0 Å². The molecule has 1 aromatic rings. The maximum atomic E-state index is 12.1. The highest BCUT2D eigenvalue weighted by atomic mass is 16.5. The molecule has 2 rings (SSSR count). The molecule has 0 bridgehead atoms. The van der Waals surface area contributed by atoms with E-state index < -0.39 is 0 Å². The Kier molecular flexibility index (Phi) is 4.84. The predicted octanol–water partition coefficient (Wildman–Crippen LogP) is 1.20. The van der Waals surface area contributed by atoms with E-state index in [0.29, 0.717) is 17.5 Å². The summed E-state index contributed by atoms with van der Waals surface area (Å²) in [6, 6.07) is 7.41. The van der Waals surface area contributed by atoms with Crippen LogP contribution in [0.3, 0.4) is 0 Å². The second-order valence-electron chi connectivity index (χ2n) is 5.40. The van der Waals surface area contributed by atoms with Gasteiger partial charge in [-0.3, -0.25) is 4.79 Å². The van der Waals surface area contributed by atoms with Gasteiger partial charge in [-0.15, -0.1) is 0 Å². The van der Waals surface area contributed by atoms with Gasteiger partial charge in [-0.25, -0.2) is 0 Å². The zero-order valence-corrected chi connectivity index (χ0v) is 12.2. The minimum absolute atomic E-state index is 0.0244. The number of piperidine rings is 1. The largest absolute Gasteiger partial charge is 0.484 e. The van der Waals surface area contributed by atoms with Gasteiger partial charge in [-0.1, -0.05) is 0 Å². The van der Waals surface area contributed by atoms with Gasteiger partial charge in [0.2, 0.25) is 0 Å². The van der Waals surface area contributed by atoms with Crippen LogP contribution in [0.25, 0.3) is 0 Å². The van der Waals surface area contributed by atoms with Crippen molar-refractivity contribution in [3.05, 3.63) is 24.3 Å². The lowest BCUT2D eigenvalue weighted by Gasteiger charge is -2.35. The van der Waals surface area contributed by atoms with Crippen LogP contribution in [0.15, 0.2) is 24.3 Å². The molecule has 1 aliphatic heterocycles. The van der Waals surface area contributed by atoms with Crippen molar-refractivity contribution in [1.29, 1.82) is 0 Å². The molecule has 1 aromatic carbocycles. The lowest BCUT2D eigenvalue weighted by Crippen LogP contribution is -2.45. The van der Waals surface area contributed by atoms with E-state index in [-0.39, 0.29) is 12.5 Å². The summed E-state index contributed by atoms with van der Waals surface area (Å²) in [5.41, 5.74) is 6.29. The zero-order chi connectivity index (χ0) is 14.5. The highest BCUT2D eigenvalue weighted by Crippen LogP contribution is 2.16. The van der Waals surface area contributed by atoms with Crippen molar-refractivity contribution < 1.29 is 9.53 Å². The second kappa shape index (κ2) is 6.61. The summed E-state index contributed by atoms with van der Waals surface area (Å²) < 4.78 is 5.50. The number of anilines is 1. The fourth-order valence-electron chi connectivity index (χ4n) is 2.40. The Bertz CT molecular complexity index is 439. The number of hydrogen-bond acceptors (Lipinski definition) is 4. The molecule has 1 aliphatic rings. The molecule has 0 radical (unpaired) electrons. The van der Waals surface area contributed by atoms with Crippen LogP contribution < -0.4 is 10.5 Å². The molecule has 2 N–H and O–H groups in total. The fraction of sp³-hybridized carbons (Fsp3) is 0.533. The van der Waals surface area contributed by atoms with Crippen molar-refractivity contribution in [3.8, 4) is 5.75 Å². The van der Waals surface area contributed by atoms with Gasteiger partial charge in [-0.05, 0) is 57.2 Å². The molecule has 0 aliphatic carbocycles. The Labute approximate surface area is 120 Å². The molecular formula is C15H23N3O2. The van der Waals surface area contributed by atoms with E-state index in [1.807, 2.05) is 11.9 Å². The van der Waals surface area contributed by atoms with Crippen molar-refractivity contribution in [2.75, 3.05) is 39.5 Å². The van der Waals surface area contributed by atoms with Gasteiger partial charge >= 0.3 is 0 Å². The Morgan fingerprint density at radius 1 is 1.35 bits per heavy atom. The molecule has 0 unspecified atom stereocenters. The van der Waals surface area contributed by atoms with Gasteiger partial charge in [0, 0.05) is 18.8 Å². The smallest absolute Gasteiger partial charge is 0.260 e. The molecule has 0 atom stereocenters. The van der Waals surface area contributed by atoms with E-state index in [0.717, 1.165) is 25.9 Å². The second-order valence-corrected chi connectivity index (χ2v) is 5.40. The number of ether oxygens (including phenoxy) is 1. The lowest BCUT2D eigenvalue weighted by atomic mass is 10.0. The normalized spacial score (nSPS) is 16.9. The van der Waals surface area contributed by atoms with Crippen molar-refractivity contribution >= 4 is 11.6 Å². The van der Waals surface area contributed by atoms with Crippen LogP contribution in [-0.4, -0.2) is 55.5 Å². The molecule has 0 saturated carbocycles. The molecule has 1 fully saturated rings. The Morgan fingerprint density at radius 3 is 2.55 bits per heavy atom. The zero-order valence-electron chi connectivity index (χ0n) is 12.2. The summed E-state index contributed by atoms with van der Waals surface area (Å²) in [7, 11) is 3.98. The number of benzene rings is 1. The van der Waals surface area contributed by atoms with Crippen LogP contribution in [0, 0.1) is 0 Å². The monoisotopic (exact) mass is 277 g/mol. The van der Waals surface area contributed by atoms with Crippen LogP contribution in [0.4, 0.5) is 5.69 Å².